The number of aryl methyl sites for hydroxylation is 1. The second kappa shape index (κ2) is 9.13. The molecule has 3 aromatic rings. The fourth-order valence-corrected chi connectivity index (χ4v) is 3.76. The number of nitrogens with zero attached hydrogens (tertiary/aromatic N) is 2. The lowest BCUT2D eigenvalue weighted by Crippen LogP contribution is -2.33. The molecule has 0 aliphatic rings. The summed E-state index contributed by atoms with van der Waals surface area (Å²) in [6.45, 7) is 5.93. The van der Waals surface area contributed by atoms with Crippen LogP contribution in [0.25, 0.3) is 16.6 Å². The van der Waals surface area contributed by atoms with Gasteiger partial charge < -0.3 is 10.1 Å². The molecule has 0 unspecified atom stereocenters. The van der Waals surface area contributed by atoms with E-state index in [4.69, 9.17) is 4.74 Å². The van der Waals surface area contributed by atoms with Crippen LogP contribution in [0.3, 0.4) is 0 Å². The molecule has 3 rings (SSSR count). The molecule has 6 nitrogen and oxygen atoms in total. The van der Waals surface area contributed by atoms with Crippen LogP contribution in [0.15, 0.2) is 52.4 Å². The molecule has 1 heterocycles. The Balaban J connectivity index is 2.11. The van der Waals surface area contributed by atoms with Gasteiger partial charge in [0.15, 0.2) is 5.16 Å². The first-order valence-electron chi connectivity index (χ1n) is 9.53. The maximum atomic E-state index is 13.4. The molecule has 1 N–H and O–H groups in total. The Bertz CT molecular complexity index is 1090. The highest BCUT2D eigenvalue weighted by atomic mass is 32.2. The summed E-state index contributed by atoms with van der Waals surface area (Å²) in [7, 11) is 1.57. The molecule has 0 saturated carbocycles. The van der Waals surface area contributed by atoms with E-state index < -0.39 is 0 Å². The van der Waals surface area contributed by atoms with Crippen LogP contribution < -0.4 is 15.6 Å². The number of hydrogen-bond donors (Lipinski definition) is 1. The number of aromatic nitrogens is 2. The Hall–Kier alpha value is -2.80. The molecule has 1 aromatic heterocycles. The molecule has 0 aliphatic carbocycles. The highest BCUT2D eigenvalue weighted by Gasteiger charge is 2.18. The van der Waals surface area contributed by atoms with Crippen molar-refractivity contribution in [3.63, 3.8) is 0 Å². The number of fused-ring (bicyclic) bond motifs is 1. The molecular weight excluding hydrogens is 386 g/mol. The third-order valence-corrected chi connectivity index (χ3v) is 5.61. The van der Waals surface area contributed by atoms with Gasteiger partial charge in [-0.25, -0.2) is 4.98 Å². The Labute approximate surface area is 174 Å². The van der Waals surface area contributed by atoms with Gasteiger partial charge in [-0.3, -0.25) is 14.2 Å². The smallest absolute Gasteiger partial charge is 0.266 e. The van der Waals surface area contributed by atoms with Gasteiger partial charge in [-0.05, 0) is 50.1 Å². The molecule has 152 valence electrons. The monoisotopic (exact) mass is 411 g/mol. The second-order valence-electron chi connectivity index (χ2n) is 6.89. The predicted octanol–water partition coefficient (Wildman–Crippen LogP) is 3.71. The van der Waals surface area contributed by atoms with E-state index in [1.807, 2.05) is 51.1 Å². The summed E-state index contributed by atoms with van der Waals surface area (Å²) in [5.74, 6) is 0.652. The number of ether oxygens (including phenoxy) is 1. The molecule has 0 saturated heterocycles. The standard InChI is InChI=1S/C22H25N3O3S/c1-5-15(3)23-20(26)13-29-22-24-17-9-7-6-8-16(17)21(27)25(22)18-12-14(2)10-11-19(18)28-4/h6-12,15H,5,13H2,1-4H3,(H,23,26)/t15-/m0/s1. The van der Waals surface area contributed by atoms with Crippen molar-refractivity contribution in [1.82, 2.24) is 14.9 Å². The summed E-state index contributed by atoms with van der Waals surface area (Å²) >= 11 is 1.24. The number of methoxy groups -OCH3 is 1. The highest BCUT2D eigenvalue weighted by molar-refractivity contribution is 7.99. The van der Waals surface area contributed by atoms with E-state index in [0.717, 1.165) is 12.0 Å². The topological polar surface area (TPSA) is 73.2 Å². The van der Waals surface area contributed by atoms with Crippen LogP contribution >= 0.6 is 11.8 Å². The van der Waals surface area contributed by atoms with Crippen molar-refractivity contribution in [3.05, 3.63) is 58.4 Å². The normalized spacial score (nSPS) is 12.0. The van der Waals surface area contributed by atoms with Crippen LogP contribution in [0.2, 0.25) is 0 Å². The second-order valence-corrected chi connectivity index (χ2v) is 7.84. The average molecular weight is 412 g/mol. The van der Waals surface area contributed by atoms with Crippen LogP contribution in [0.5, 0.6) is 5.75 Å². The molecule has 2 aromatic carbocycles. The number of benzene rings is 2. The SMILES string of the molecule is CC[C@H](C)NC(=O)CSc1nc2ccccc2c(=O)n1-c1cc(C)ccc1OC. The van der Waals surface area contributed by atoms with E-state index >= 15 is 0 Å². The molecule has 0 spiro atoms. The minimum absolute atomic E-state index is 0.0884. The van der Waals surface area contributed by atoms with E-state index in [1.165, 1.54) is 16.3 Å². The molecule has 1 amide bonds. The van der Waals surface area contributed by atoms with Crippen LogP contribution in [-0.4, -0.2) is 34.4 Å². The van der Waals surface area contributed by atoms with Crippen molar-refractivity contribution in [3.8, 4) is 11.4 Å². The maximum Gasteiger partial charge on any atom is 0.266 e. The van der Waals surface area contributed by atoms with Crippen LogP contribution in [0.1, 0.15) is 25.8 Å². The number of hydrogen-bond acceptors (Lipinski definition) is 5. The first-order valence-corrected chi connectivity index (χ1v) is 10.5. The zero-order chi connectivity index (χ0) is 21.0. The predicted molar refractivity (Wildman–Crippen MR) is 117 cm³/mol. The lowest BCUT2D eigenvalue weighted by atomic mass is 10.2. The van der Waals surface area contributed by atoms with Gasteiger partial charge in [0, 0.05) is 6.04 Å². The molecule has 0 fully saturated rings. The van der Waals surface area contributed by atoms with Gasteiger partial charge in [-0.1, -0.05) is 36.9 Å². The summed E-state index contributed by atoms with van der Waals surface area (Å²) in [4.78, 5) is 30.3. The number of para-hydroxylation sites is 1. The van der Waals surface area contributed by atoms with Gasteiger partial charge in [-0.15, -0.1) is 0 Å². The number of rotatable bonds is 7. The summed E-state index contributed by atoms with van der Waals surface area (Å²) < 4.78 is 7.03. The molecule has 0 aliphatic heterocycles. The highest BCUT2D eigenvalue weighted by Crippen LogP contribution is 2.28. The van der Waals surface area contributed by atoms with Crippen LogP contribution in [0.4, 0.5) is 0 Å². The van der Waals surface area contributed by atoms with Crippen molar-refractivity contribution < 1.29 is 9.53 Å². The van der Waals surface area contributed by atoms with Gasteiger partial charge >= 0.3 is 0 Å². The molecule has 7 heteroatoms. The summed E-state index contributed by atoms with van der Waals surface area (Å²) in [6.07, 6.45) is 0.857. The first kappa shape index (κ1) is 20.9. The number of carbonyl (C=O) groups is 1. The maximum absolute atomic E-state index is 13.4. The summed E-state index contributed by atoms with van der Waals surface area (Å²) in [5, 5.41) is 3.92. The fourth-order valence-electron chi connectivity index (χ4n) is 2.95. The average Bonchev–Trinajstić information content (AvgIpc) is 2.72. The Morgan fingerprint density at radius 3 is 2.76 bits per heavy atom. The van der Waals surface area contributed by atoms with Crippen LogP contribution in [0, 0.1) is 6.92 Å². The fraction of sp³-hybridized carbons (Fsp3) is 0.318. The first-order chi connectivity index (χ1) is 13.9. The Kier molecular flexibility index (Phi) is 6.59. The van der Waals surface area contributed by atoms with E-state index in [2.05, 4.69) is 10.3 Å². The largest absolute Gasteiger partial charge is 0.495 e. The van der Waals surface area contributed by atoms with Crippen molar-refractivity contribution in [1.29, 1.82) is 0 Å². The van der Waals surface area contributed by atoms with E-state index in [9.17, 15) is 9.59 Å². The van der Waals surface area contributed by atoms with Crippen molar-refractivity contribution >= 4 is 28.6 Å². The van der Waals surface area contributed by atoms with Gasteiger partial charge in [0.1, 0.15) is 5.75 Å². The van der Waals surface area contributed by atoms with E-state index in [-0.39, 0.29) is 23.3 Å². The third-order valence-electron chi connectivity index (χ3n) is 4.67. The van der Waals surface area contributed by atoms with Crippen molar-refractivity contribution in [2.24, 2.45) is 0 Å². The molecule has 29 heavy (non-hydrogen) atoms. The van der Waals surface area contributed by atoms with Gasteiger partial charge in [0.25, 0.3) is 5.56 Å². The third kappa shape index (κ3) is 4.62. The van der Waals surface area contributed by atoms with Gasteiger partial charge in [-0.2, -0.15) is 0 Å². The Morgan fingerprint density at radius 1 is 1.28 bits per heavy atom. The number of nitrogens with one attached hydrogen (secondary N) is 1. The summed E-state index contributed by atoms with van der Waals surface area (Å²) in [6, 6.07) is 13.0. The number of carbonyl (C=O) groups excluding carboxylic acids is 1. The summed E-state index contributed by atoms with van der Waals surface area (Å²) in [5.41, 5.74) is 2.02. The Morgan fingerprint density at radius 2 is 2.03 bits per heavy atom. The van der Waals surface area contributed by atoms with E-state index in [1.54, 1.807) is 19.2 Å². The lowest BCUT2D eigenvalue weighted by Gasteiger charge is -2.17. The quantitative estimate of drug-likeness (QED) is 0.474. The zero-order valence-electron chi connectivity index (χ0n) is 17.1. The van der Waals surface area contributed by atoms with Crippen molar-refractivity contribution in [2.45, 2.75) is 38.4 Å². The van der Waals surface area contributed by atoms with E-state index in [0.29, 0.717) is 27.5 Å². The minimum atomic E-state index is -0.190. The number of amides is 1. The molecule has 0 radical (unpaired) electrons. The van der Waals surface area contributed by atoms with Crippen molar-refractivity contribution in [2.75, 3.05) is 12.9 Å². The molecular formula is C22H25N3O3S. The van der Waals surface area contributed by atoms with Crippen LogP contribution in [-0.2, 0) is 4.79 Å². The van der Waals surface area contributed by atoms with Gasteiger partial charge in [0.05, 0.1) is 29.5 Å². The zero-order valence-corrected chi connectivity index (χ0v) is 17.9. The van der Waals surface area contributed by atoms with Gasteiger partial charge in [0.2, 0.25) is 5.91 Å². The minimum Gasteiger partial charge on any atom is -0.495 e. The number of thioether (sulfide) groups is 1. The molecule has 0 bridgehead atoms. The molecule has 1 atom stereocenters. The lowest BCUT2D eigenvalue weighted by molar-refractivity contribution is -0.119.